The molecule has 3 N–H and O–H groups in total. The van der Waals surface area contributed by atoms with Crippen molar-refractivity contribution in [3.63, 3.8) is 0 Å². The van der Waals surface area contributed by atoms with Crippen molar-refractivity contribution >= 4 is 17.6 Å². The van der Waals surface area contributed by atoms with E-state index in [1.54, 1.807) is 38.3 Å². The van der Waals surface area contributed by atoms with Gasteiger partial charge in [0.1, 0.15) is 0 Å². The number of amides is 1. The molecule has 0 aromatic heterocycles. The van der Waals surface area contributed by atoms with Crippen molar-refractivity contribution < 1.29 is 19.1 Å². The highest BCUT2D eigenvalue weighted by atomic mass is 16.5. The number of nitrogens with one attached hydrogen (secondary N) is 1. The van der Waals surface area contributed by atoms with Gasteiger partial charge in [-0.1, -0.05) is 12.1 Å². The fourth-order valence-corrected chi connectivity index (χ4v) is 1.72. The minimum absolute atomic E-state index is 0.279. The van der Waals surface area contributed by atoms with Crippen LogP contribution in [0.25, 0.3) is 0 Å². The molecule has 1 unspecified atom stereocenters. The smallest absolute Gasteiger partial charge is 0.313 e. The van der Waals surface area contributed by atoms with Gasteiger partial charge in [-0.15, -0.1) is 0 Å². The van der Waals surface area contributed by atoms with Crippen LogP contribution in [0.3, 0.4) is 0 Å². The van der Waals surface area contributed by atoms with Gasteiger partial charge in [-0.05, 0) is 31.0 Å². The average molecular weight is 294 g/mol. The number of nitrogen functional groups attached to an aromatic ring is 1. The lowest BCUT2D eigenvalue weighted by molar-refractivity contribution is -0.149. The average Bonchev–Trinajstić information content (AvgIpc) is 2.48. The third kappa shape index (κ3) is 6.27. The minimum Gasteiger partial charge on any atom is -0.455 e. The van der Waals surface area contributed by atoms with E-state index in [-0.39, 0.29) is 12.5 Å². The number of methoxy groups -OCH3 is 1. The van der Waals surface area contributed by atoms with E-state index in [1.807, 2.05) is 0 Å². The van der Waals surface area contributed by atoms with Gasteiger partial charge < -0.3 is 20.5 Å². The number of carbonyl (C=O) groups excluding carboxylic acids is 2. The highest BCUT2D eigenvalue weighted by Gasteiger charge is 2.18. The molecule has 1 atom stereocenters. The minimum atomic E-state index is -0.463. The van der Waals surface area contributed by atoms with Crippen molar-refractivity contribution in [2.24, 2.45) is 0 Å². The molecule has 0 heterocycles. The molecule has 1 rings (SSSR count). The number of anilines is 1. The molecule has 0 aliphatic carbocycles. The Bertz CT molecular complexity index is 476. The molecule has 1 amide bonds. The van der Waals surface area contributed by atoms with Gasteiger partial charge in [0, 0.05) is 25.9 Å². The number of esters is 1. The number of hydrogen-bond acceptors (Lipinski definition) is 5. The fraction of sp³-hybridized carbons (Fsp3) is 0.467. The van der Waals surface area contributed by atoms with Gasteiger partial charge in [-0.3, -0.25) is 9.59 Å². The van der Waals surface area contributed by atoms with Gasteiger partial charge in [0.2, 0.25) is 0 Å². The second-order valence-corrected chi connectivity index (χ2v) is 4.70. The zero-order chi connectivity index (χ0) is 15.7. The quantitative estimate of drug-likeness (QED) is 0.425. The Morgan fingerprint density at radius 3 is 2.81 bits per heavy atom. The van der Waals surface area contributed by atoms with E-state index < -0.39 is 11.9 Å². The largest absolute Gasteiger partial charge is 0.455 e. The molecule has 116 valence electrons. The maximum absolute atomic E-state index is 11.9. The van der Waals surface area contributed by atoms with Crippen LogP contribution in [0.5, 0.6) is 0 Å². The van der Waals surface area contributed by atoms with Crippen LogP contribution in [-0.4, -0.2) is 38.7 Å². The van der Waals surface area contributed by atoms with Gasteiger partial charge >= 0.3 is 5.97 Å². The molecular formula is C15H22N2O4. The molecule has 0 spiro atoms. The van der Waals surface area contributed by atoms with Crippen LogP contribution in [0.4, 0.5) is 5.69 Å². The molecular weight excluding hydrogens is 272 g/mol. The summed E-state index contributed by atoms with van der Waals surface area (Å²) in [6, 6.07) is 7.04. The van der Waals surface area contributed by atoms with Crippen LogP contribution in [-0.2, 0) is 19.1 Å². The van der Waals surface area contributed by atoms with Gasteiger partial charge in [0.05, 0.1) is 5.92 Å². The maximum atomic E-state index is 11.9. The zero-order valence-electron chi connectivity index (χ0n) is 12.4. The molecule has 1 aromatic rings. The van der Waals surface area contributed by atoms with Crippen molar-refractivity contribution in [3.8, 4) is 0 Å². The molecule has 6 nitrogen and oxygen atoms in total. The summed E-state index contributed by atoms with van der Waals surface area (Å²) in [6.45, 7) is 2.51. The zero-order valence-corrected chi connectivity index (χ0v) is 12.4. The Kier molecular flexibility index (Phi) is 7.25. The Labute approximate surface area is 124 Å². The lowest BCUT2D eigenvalue weighted by atomic mass is 10.0. The van der Waals surface area contributed by atoms with Gasteiger partial charge in [-0.2, -0.15) is 0 Å². The van der Waals surface area contributed by atoms with Crippen LogP contribution in [0.15, 0.2) is 24.3 Å². The van der Waals surface area contributed by atoms with E-state index in [9.17, 15) is 9.59 Å². The third-order valence-electron chi connectivity index (χ3n) is 2.96. The first-order valence-corrected chi connectivity index (χ1v) is 6.82. The van der Waals surface area contributed by atoms with Gasteiger partial charge in [0.15, 0.2) is 6.61 Å². The first-order valence-electron chi connectivity index (χ1n) is 6.82. The van der Waals surface area contributed by atoms with Gasteiger partial charge in [0.25, 0.3) is 5.91 Å². The monoisotopic (exact) mass is 294 g/mol. The van der Waals surface area contributed by atoms with Crippen molar-refractivity contribution in [1.29, 1.82) is 0 Å². The van der Waals surface area contributed by atoms with E-state index in [2.05, 4.69) is 5.32 Å². The van der Waals surface area contributed by atoms with E-state index in [4.69, 9.17) is 15.2 Å². The van der Waals surface area contributed by atoms with Crippen molar-refractivity contribution in [2.75, 3.05) is 32.6 Å². The van der Waals surface area contributed by atoms with E-state index in [1.165, 1.54) is 0 Å². The maximum Gasteiger partial charge on any atom is 0.313 e. The second kappa shape index (κ2) is 8.97. The van der Waals surface area contributed by atoms with Crippen LogP contribution >= 0.6 is 0 Å². The first kappa shape index (κ1) is 17.0. The number of nitrogens with two attached hydrogens (primary N) is 1. The number of carbonyl (C=O) groups is 2. The summed E-state index contributed by atoms with van der Waals surface area (Å²) in [6.07, 6.45) is 0.718. The summed E-state index contributed by atoms with van der Waals surface area (Å²) in [5.74, 6) is -1.23. The summed E-state index contributed by atoms with van der Waals surface area (Å²) >= 11 is 0. The molecule has 0 fully saturated rings. The van der Waals surface area contributed by atoms with E-state index >= 15 is 0 Å². The predicted octanol–water partition coefficient (Wildman–Crippen LogP) is 1.07. The Morgan fingerprint density at radius 1 is 1.38 bits per heavy atom. The first-order chi connectivity index (χ1) is 10.0. The molecule has 0 aliphatic rings. The second-order valence-electron chi connectivity index (χ2n) is 4.70. The molecule has 0 saturated heterocycles. The number of hydrogen-bond donors (Lipinski definition) is 2. The lowest BCUT2D eigenvalue weighted by Crippen LogP contribution is -2.30. The predicted molar refractivity (Wildman–Crippen MR) is 79.7 cm³/mol. The highest BCUT2D eigenvalue weighted by Crippen LogP contribution is 2.18. The SMILES string of the molecule is COCCCNC(=O)COC(=O)C(C)c1cccc(N)c1. The number of benzene rings is 1. The Morgan fingerprint density at radius 2 is 2.14 bits per heavy atom. The van der Waals surface area contributed by atoms with Crippen LogP contribution in [0.2, 0.25) is 0 Å². The fourth-order valence-electron chi connectivity index (χ4n) is 1.72. The summed E-state index contributed by atoms with van der Waals surface area (Å²) in [5, 5.41) is 2.64. The summed E-state index contributed by atoms with van der Waals surface area (Å²) in [7, 11) is 1.60. The Hall–Kier alpha value is -2.08. The molecule has 0 aliphatic heterocycles. The van der Waals surface area contributed by atoms with E-state index in [0.717, 1.165) is 12.0 Å². The van der Waals surface area contributed by atoms with Crippen molar-refractivity contribution in [3.05, 3.63) is 29.8 Å². The molecule has 21 heavy (non-hydrogen) atoms. The van der Waals surface area contributed by atoms with E-state index in [0.29, 0.717) is 18.8 Å². The molecule has 6 heteroatoms. The molecule has 0 bridgehead atoms. The van der Waals surface area contributed by atoms with Crippen molar-refractivity contribution in [2.45, 2.75) is 19.3 Å². The summed E-state index contributed by atoms with van der Waals surface area (Å²) in [5.41, 5.74) is 7.02. The molecule has 0 radical (unpaired) electrons. The Balaban J connectivity index is 2.34. The number of rotatable bonds is 8. The lowest BCUT2D eigenvalue weighted by Gasteiger charge is -2.12. The normalized spacial score (nSPS) is 11.7. The summed E-state index contributed by atoms with van der Waals surface area (Å²) in [4.78, 5) is 23.3. The van der Waals surface area contributed by atoms with Crippen LogP contribution < -0.4 is 11.1 Å². The molecule has 0 saturated carbocycles. The van der Waals surface area contributed by atoms with Crippen molar-refractivity contribution in [1.82, 2.24) is 5.32 Å². The molecule has 1 aromatic carbocycles. The standard InChI is InChI=1S/C15H22N2O4/c1-11(12-5-3-6-13(16)9-12)15(19)21-10-14(18)17-7-4-8-20-2/h3,5-6,9,11H,4,7-8,10,16H2,1-2H3,(H,17,18). The third-order valence-corrected chi connectivity index (χ3v) is 2.96. The van der Waals surface area contributed by atoms with Crippen LogP contribution in [0, 0.1) is 0 Å². The number of ether oxygens (including phenoxy) is 2. The topological polar surface area (TPSA) is 90.6 Å². The van der Waals surface area contributed by atoms with Gasteiger partial charge in [-0.25, -0.2) is 0 Å². The summed E-state index contributed by atoms with van der Waals surface area (Å²) < 4.78 is 9.86. The van der Waals surface area contributed by atoms with Crippen LogP contribution in [0.1, 0.15) is 24.8 Å². The highest BCUT2D eigenvalue weighted by molar-refractivity contribution is 5.83.